The van der Waals surface area contributed by atoms with Crippen molar-refractivity contribution in [3.8, 4) is 5.69 Å². The van der Waals surface area contributed by atoms with Crippen molar-refractivity contribution < 1.29 is 23.9 Å². The van der Waals surface area contributed by atoms with Crippen LogP contribution in [0.15, 0.2) is 35.7 Å². The zero-order chi connectivity index (χ0) is 22.5. The summed E-state index contributed by atoms with van der Waals surface area (Å²) in [6.45, 7) is 3.84. The van der Waals surface area contributed by atoms with Gasteiger partial charge >= 0.3 is 11.9 Å². The predicted molar refractivity (Wildman–Crippen MR) is 117 cm³/mol. The molecule has 0 fully saturated rings. The molecule has 0 saturated heterocycles. The Bertz CT molecular complexity index is 1110. The van der Waals surface area contributed by atoms with Crippen LogP contribution in [0.1, 0.15) is 44.1 Å². The third kappa shape index (κ3) is 4.83. The van der Waals surface area contributed by atoms with Crippen molar-refractivity contribution in [2.24, 2.45) is 0 Å². The second-order valence-corrected chi connectivity index (χ2v) is 7.71. The zero-order valence-electron chi connectivity index (χ0n) is 17.7. The highest BCUT2D eigenvalue weighted by Gasteiger charge is 2.17. The van der Waals surface area contributed by atoms with E-state index in [4.69, 9.17) is 9.47 Å². The third-order valence-corrected chi connectivity index (χ3v) is 5.75. The van der Waals surface area contributed by atoms with Crippen LogP contribution in [-0.4, -0.2) is 41.8 Å². The molecule has 2 aromatic heterocycles. The van der Waals surface area contributed by atoms with E-state index >= 15 is 0 Å². The lowest BCUT2D eigenvalue weighted by Crippen LogP contribution is -2.14. The molecule has 0 unspecified atom stereocenters. The number of aryl methyl sites for hydroxylation is 1. The van der Waals surface area contributed by atoms with Gasteiger partial charge in [0, 0.05) is 17.7 Å². The Labute approximate surface area is 183 Å². The van der Waals surface area contributed by atoms with Crippen molar-refractivity contribution in [2.45, 2.75) is 26.7 Å². The number of nitrogens with zero attached hydrogens (tertiary/aromatic N) is 2. The first-order valence-corrected chi connectivity index (χ1v) is 10.4. The maximum absolute atomic E-state index is 12.6. The number of thiophene rings is 1. The number of ether oxygens (including phenoxy) is 2. The van der Waals surface area contributed by atoms with Gasteiger partial charge in [-0.2, -0.15) is 5.10 Å². The fourth-order valence-electron chi connectivity index (χ4n) is 3.22. The second-order valence-electron chi connectivity index (χ2n) is 6.79. The molecular formula is C22H23N3O5S. The van der Waals surface area contributed by atoms with Crippen molar-refractivity contribution in [3.05, 3.63) is 63.8 Å². The Balaban J connectivity index is 1.76. The number of nitrogens with one attached hydrogen (secondary N) is 1. The van der Waals surface area contributed by atoms with Crippen molar-refractivity contribution in [2.75, 3.05) is 19.5 Å². The standard InChI is InChI=1S/C22H23N3O5S/c1-13-17(9-10-19(26)29-3)14(2)25(24-13)16-7-5-15(6-8-16)20(27)23-21-18(11-12-31-21)22(28)30-4/h5-8,11-12H,9-10H2,1-4H3,(H,23,27). The largest absolute Gasteiger partial charge is 0.469 e. The SMILES string of the molecule is COC(=O)CCc1c(C)nn(-c2ccc(C(=O)Nc3sccc3C(=O)OC)cc2)c1C. The molecule has 1 aromatic carbocycles. The molecule has 0 aliphatic carbocycles. The molecule has 3 rings (SSSR count). The van der Waals surface area contributed by atoms with Gasteiger partial charge in [0.1, 0.15) is 5.00 Å². The Morgan fingerprint density at radius 3 is 2.42 bits per heavy atom. The summed E-state index contributed by atoms with van der Waals surface area (Å²) in [6.07, 6.45) is 0.841. The van der Waals surface area contributed by atoms with Crippen molar-refractivity contribution in [1.82, 2.24) is 9.78 Å². The maximum Gasteiger partial charge on any atom is 0.340 e. The average Bonchev–Trinajstić information content (AvgIpc) is 3.35. The topological polar surface area (TPSA) is 99.5 Å². The first-order valence-electron chi connectivity index (χ1n) is 9.55. The van der Waals surface area contributed by atoms with Gasteiger partial charge in [0.15, 0.2) is 0 Å². The van der Waals surface area contributed by atoms with E-state index in [9.17, 15) is 14.4 Å². The van der Waals surface area contributed by atoms with Gasteiger partial charge in [-0.3, -0.25) is 9.59 Å². The summed E-state index contributed by atoms with van der Waals surface area (Å²) in [7, 11) is 2.67. The lowest BCUT2D eigenvalue weighted by atomic mass is 10.1. The number of hydrogen-bond acceptors (Lipinski definition) is 7. The number of aromatic nitrogens is 2. The number of amides is 1. The molecule has 31 heavy (non-hydrogen) atoms. The van der Waals surface area contributed by atoms with Crippen LogP contribution in [0.5, 0.6) is 0 Å². The van der Waals surface area contributed by atoms with E-state index in [1.54, 1.807) is 40.4 Å². The number of esters is 2. The average molecular weight is 442 g/mol. The Morgan fingerprint density at radius 2 is 1.77 bits per heavy atom. The molecule has 1 amide bonds. The minimum Gasteiger partial charge on any atom is -0.469 e. The number of hydrogen-bond donors (Lipinski definition) is 1. The predicted octanol–water partition coefficient (Wildman–Crippen LogP) is 3.70. The maximum atomic E-state index is 12.6. The van der Waals surface area contributed by atoms with E-state index in [1.165, 1.54) is 25.6 Å². The molecule has 162 valence electrons. The quantitative estimate of drug-likeness (QED) is 0.562. The molecule has 0 spiro atoms. The van der Waals surface area contributed by atoms with Gasteiger partial charge in [-0.1, -0.05) is 0 Å². The highest BCUT2D eigenvalue weighted by Crippen LogP contribution is 2.25. The van der Waals surface area contributed by atoms with E-state index in [2.05, 4.69) is 10.4 Å². The second kappa shape index (κ2) is 9.57. The molecule has 0 bridgehead atoms. The fraction of sp³-hybridized carbons (Fsp3) is 0.273. The van der Waals surface area contributed by atoms with Gasteiger partial charge in [0.05, 0.1) is 31.2 Å². The first kappa shape index (κ1) is 22.2. The lowest BCUT2D eigenvalue weighted by Gasteiger charge is -2.08. The number of rotatable bonds is 7. The smallest absolute Gasteiger partial charge is 0.340 e. The number of carbonyl (C=O) groups is 3. The first-order chi connectivity index (χ1) is 14.8. The summed E-state index contributed by atoms with van der Waals surface area (Å²) in [5.41, 5.74) is 4.34. The number of anilines is 1. The van der Waals surface area contributed by atoms with Crippen molar-refractivity contribution in [1.29, 1.82) is 0 Å². The summed E-state index contributed by atoms with van der Waals surface area (Å²) >= 11 is 1.25. The zero-order valence-corrected chi connectivity index (χ0v) is 18.5. The molecule has 1 N–H and O–H groups in total. The minimum absolute atomic E-state index is 0.261. The molecule has 0 atom stereocenters. The van der Waals surface area contributed by atoms with Gasteiger partial charge in [-0.15, -0.1) is 11.3 Å². The van der Waals surface area contributed by atoms with Crippen LogP contribution in [0.25, 0.3) is 5.69 Å². The van der Waals surface area contributed by atoms with Crippen LogP contribution in [0.3, 0.4) is 0 Å². The molecule has 8 nitrogen and oxygen atoms in total. The molecule has 0 aliphatic rings. The van der Waals surface area contributed by atoms with Crippen LogP contribution >= 0.6 is 11.3 Å². The highest BCUT2D eigenvalue weighted by atomic mass is 32.1. The Hall–Kier alpha value is -3.46. The van der Waals surface area contributed by atoms with E-state index in [0.29, 0.717) is 29.0 Å². The minimum atomic E-state index is -0.501. The summed E-state index contributed by atoms with van der Waals surface area (Å²) in [5.74, 6) is -1.09. The van der Waals surface area contributed by atoms with Crippen molar-refractivity contribution >= 4 is 34.2 Å². The highest BCUT2D eigenvalue weighted by molar-refractivity contribution is 7.14. The summed E-state index contributed by atoms with van der Waals surface area (Å²) in [4.78, 5) is 35.8. The number of methoxy groups -OCH3 is 2. The lowest BCUT2D eigenvalue weighted by molar-refractivity contribution is -0.140. The van der Waals surface area contributed by atoms with Crippen LogP contribution in [0.4, 0.5) is 5.00 Å². The number of carbonyl (C=O) groups excluding carboxylic acids is 3. The van der Waals surface area contributed by atoms with Gasteiger partial charge in [0.25, 0.3) is 5.91 Å². The summed E-state index contributed by atoms with van der Waals surface area (Å²) < 4.78 is 11.2. The van der Waals surface area contributed by atoms with Gasteiger partial charge in [0.2, 0.25) is 0 Å². The molecule has 3 aromatic rings. The van der Waals surface area contributed by atoms with E-state index < -0.39 is 5.97 Å². The molecule has 0 aliphatic heterocycles. The normalized spacial score (nSPS) is 10.6. The summed E-state index contributed by atoms with van der Waals surface area (Å²) in [5, 5.41) is 9.48. The van der Waals surface area contributed by atoms with Crippen molar-refractivity contribution in [3.63, 3.8) is 0 Å². The third-order valence-electron chi connectivity index (χ3n) is 4.92. The van der Waals surface area contributed by atoms with Crippen LogP contribution in [0, 0.1) is 13.8 Å². The molecule has 9 heteroatoms. The van der Waals surface area contributed by atoms with E-state index in [-0.39, 0.29) is 11.9 Å². The van der Waals surface area contributed by atoms with Gasteiger partial charge in [-0.25, -0.2) is 9.48 Å². The van der Waals surface area contributed by atoms with E-state index in [1.807, 2.05) is 13.8 Å². The molecular weight excluding hydrogens is 418 g/mol. The van der Waals surface area contributed by atoms with Crippen LogP contribution in [0.2, 0.25) is 0 Å². The number of benzene rings is 1. The Morgan fingerprint density at radius 1 is 1.06 bits per heavy atom. The fourth-order valence-corrected chi connectivity index (χ4v) is 3.99. The van der Waals surface area contributed by atoms with Crippen LogP contribution < -0.4 is 5.32 Å². The molecule has 0 saturated carbocycles. The Kier molecular flexibility index (Phi) is 6.86. The van der Waals surface area contributed by atoms with Gasteiger partial charge < -0.3 is 14.8 Å². The summed E-state index contributed by atoms with van der Waals surface area (Å²) in [6, 6.07) is 8.60. The molecule has 0 radical (unpaired) electrons. The van der Waals surface area contributed by atoms with Gasteiger partial charge in [-0.05, 0) is 61.5 Å². The van der Waals surface area contributed by atoms with E-state index in [0.717, 1.165) is 22.6 Å². The van der Waals surface area contributed by atoms with Crippen LogP contribution in [-0.2, 0) is 20.7 Å². The molecule has 2 heterocycles. The monoisotopic (exact) mass is 441 g/mol.